The average Bonchev–Trinajstić information content (AvgIpc) is 2.68. The minimum Gasteiger partial charge on any atom is -0.484 e. The van der Waals surface area contributed by atoms with Crippen molar-refractivity contribution in [3.63, 3.8) is 0 Å². The highest BCUT2D eigenvalue weighted by molar-refractivity contribution is 5.94. The van der Waals surface area contributed by atoms with Crippen LogP contribution in [-0.4, -0.2) is 49.5 Å². The fraction of sp³-hybridized carbons (Fsp3) is 0.300. The molecule has 6 nitrogen and oxygen atoms in total. The zero-order valence-corrected chi connectivity index (χ0v) is 14.7. The third kappa shape index (κ3) is 4.83. The smallest absolute Gasteiger partial charge is 0.255 e. The van der Waals surface area contributed by atoms with Gasteiger partial charge in [0.25, 0.3) is 11.8 Å². The molecular weight excluding hydrogens is 330 g/mol. The summed E-state index contributed by atoms with van der Waals surface area (Å²) < 4.78 is 5.22. The van der Waals surface area contributed by atoms with Gasteiger partial charge in [-0.05, 0) is 24.3 Å². The SMILES string of the molecule is NC(=O)COc1ccc(C(=O)N2CC[NH+](Cc3ccccc3)CC2)cc1. The largest absolute Gasteiger partial charge is 0.484 e. The summed E-state index contributed by atoms with van der Waals surface area (Å²) in [5, 5.41) is 0. The van der Waals surface area contributed by atoms with Crippen molar-refractivity contribution in [3.05, 3.63) is 65.7 Å². The number of nitrogens with two attached hydrogens (primary N) is 1. The van der Waals surface area contributed by atoms with Crippen molar-refractivity contribution in [1.82, 2.24) is 4.90 Å². The molecule has 26 heavy (non-hydrogen) atoms. The van der Waals surface area contributed by atoms with Crippen LogP contribution in [0.15, 0.2) is 54.6 Å². The standard InChI is InChI=1S/C20H23N3O3/c21-19(24)15-26-18-8-6-17(7-9-18)20(25)23-12-10-22(11-13-23)14-16-4-2-1-3-5-16/h1-9H,10-15H2,(H2,21,24)/p+1. The van der Waals surface area contributed by atoms with Crippen molar-refractivity contribution in [2.24, 2.45) is 5.73 Å². The summed E-state index contributed by atoms with van der Waals surface area (Å²) in [4.78, 5) is 26.8. The van der Waals surface area contributed by atoms with Crippen LogP contribution in [0.2, 0.25) is 0 Å². The van der Waals surface area contributed by atoms with Gasteiger partial charge in [0.05, 0.1) is 26.2 Å². The first-order valence-corrected chi connectivity index (χ1v) is 8.80. The Morgan fingerprint density at radius 1 is 1.00 bits per heavy atom. The molecule has 136 valence electrons. The molecule has 2 amide bonds. The lowest BCUT2D eigenvalue weighted by atomic mass is 10.1. The molecule has 0 atom stereocenters. The molecule has 1 fully saturated rings. The molecule has 0 bridgehead atoms. The number of nitrogens with zero attached hydrogens (tertiary/aromatic N) is 1. The van der Waals surface area contributed by atoms with Crippen LogP contribution < -0.4 is 15.4 Å². The number of rotatable bonds is 6. The number of nitrogens with one attached hydrogen (secondary N) is 1. The molecule has 3 N–H and O–H groups in total. The van der Waals surface area contributed by atoms with Gasteiger partial charge >= 0.3 is 0 Å². The lowest BCUT2D eigenvalue weighted by Gasteiger charge is -2.32. The quantitative estimate of drug-likeness (QED) is 0.772. The van der Waals surface area contributed by atoms with Crippen LogP contribution >= 0.6 is 0 Å². The van der Waals surface area contributed by atoms with E-state index < -0.39 is 5.91 Å². The highest BCUT2D eigenvalue weighted by atomic mass is 16.5. The number of benzene rings is 2. The van der Waals surface area contributed by atoms with Gasteiger partial charge in [-0.2, -0.15) is 0 Å². The van der Waals surface area contributed by atoms with Gasteiger partial charge in [-0.15, -0.1) is 0 Å². The second-order valence-electron chi connectivity index (χ2n) is 6.48. The predicted molar refractivity (Wildman–Crippen MR) is 97.9 cm³/mol. The first-order valence-electron chi connectivity index (χ1n) is 8.80. The Hall–Kier alpha value is -2.86. The Labute approximate surface area is 153 Å². The number of quaternary nitrogens is 1. The zero-order valence-electron chi connectivity index (χ0n) is 14.7. The van der Waals surface area contributed by atoms with Crippen molar-refractivity contribution >= 4 is 11.8 Å². The van der Waals surface area contributed by atoms with Crippen LogP contribution in [0.1, 0.15) is 15.9 Å². The predicted octanol–water partition coefficient (Wildman–Crippen LogP) is 0.0916. The van der Waals surface area contributed by atoms with Crippen molar-refractivity contribution in [1.29, 1.82) is 0 Å². The summed E-state index contributed by atoms with van der Waals surface area (Å²) in [7, 11) is 0. The van der Waals surface area contributed by atoms with Gasteiger partial charge in [-0.25, -0.2) is 0 Å². The number of amides is 2. The maximum atomic E-state index is 12.6. The molecular formula is C20H24N3O3+. The molecule has 0 saturated carbocycles. The van der Waals surface area contributed by atoms with Gasteiger partial charge in [-0.3, -0.25) is 9.59 Å². The molecule has 2 aromatic carbocycles. The Kier molecular flexibility index (Phi) is 5.86. The molecule has 1 aliphatic rings. The van der Waals surface area contributed by atoms with Crippen molar-refractivity contribution in [2.45, 2.75) is 6.54 Å². The summed E-state index contributed by atoms with van der Waals surface area (Å²) in [5.41, 5.74) is 7.00. The summed E-state index contributed by atoms with van der Waals surface area (Å²) in [6.07, 6.45) is 0. The van der Waals surface area contributed by atoms with Crippen LogP contribution in [-0.2, 0) is 11.3 Å². The molecule has 1 heterocycles. The van der Waals surface area contributed by atoms with Gasteiger partial charge < -0.3 is 20.3 Å². The van der Waals surface area contributed by atoms with Gasteiger partial charge in [0.15, 0.2) is 6.61 Å². The first-order chi connectivity index (χ1) is 12.6. The van der Waals surface area contributed by atoms with E-state index in [1.165, 1.54) is 10.5 Å². The summed E-state index contributed by atoms with van der Waals surface area (Å²) >= 11 is 0. The summed E-state index contributed by atoms with van der Waals surface area (Å²) in [5.74, 6) is 0.0312. The summed E-state index contributed by atoms with van der Waals surface area (Å²) in [6, 6.07) is 17.3. The molecule has 0 aromatic heterocycles. The Balaban J connectivity index is 1.51. The highest BCUT2D eigenvalue weighted by Gasteiger charge is 2.24. The normalized spacial score (nSPS) is 14.8. The van der Waals surface area contributed by atoms with Gasteiger partial charge in [0, 0.05) is 11.1 Å². The lowest BCUT2D eigenvalue weighted by Crippen LogP contribution is -3.13. The number of ether oxygens (including phenoxy) is 1. The minimum atomic E-state index is -0.527. The second kappa shape index (κ2) is 8.49. The molecule has 0 spiro atoms. The van der Waals surface area contributed by atoms with E-state index >= 15 is 0 Å². The van der Waals surface area contributed by atoms with E-state index in [1.807, 2.05) is 11.0 Å². The maximum Gasteiger partial charge on any atom is 0.255 e. The number of hydrogen-bond donors (Lipinski definition) is 2. The second-order valence-corrected chi connectivity index (χ2v) is 6.48. The van der Waals surface area contributed by atoms with E-state index in [9.17, 15) is 9.59 Å². The van der Waals surface area contributed by atoms with Crippen LogP contribution in [0, 0.1) is 0 Å². The van der Waals surface area contributed by atoms with Crippen LogP contribution in [0.5, 0.6) is 5.75 Å². The molecule has 2 aromatic rings. The third-order valence-electron chi connectivity index (χ3n) is 4.54. The molecule has 0 unspecified atom stereocenters. The molecule has 1 aliphatic heterocycles. The van der Waals surface area contributed by atoms with Crippen molar-refractivity contribution < 1.29 is 19.2 Å². The lowest BCUT2D eigenvalue weighted by molar-refractivity contribution is -0.917. The summed E-state index contributed by atoms with van der Waals surface area (Å²) in [6.45, 7) is 4.22. The van der Waals surface area contributed by atoms with Crippen LogP contribution in [0.3, 0.4) is 0 Å². The zero-order chi connectivity index (χ0) is 18.4. The van der Waals surface area contributed by atoms with E-state index in [0.717, 1.165) is 32.7 Å². The van der Waals surface area contributed by atoms with Crippen molar-refractivity contribution in [2.75, 3.05) is 32.8 Å². The van der Waals surface area contributed by atoms with Gasteiger partial charge in [0.1, 0.15) is 12.3 Å². The Bertz CT molecular complexity index is 739. The Morgan fingerprint density at radius 2 is 1.65 bits per heavy atom. The number of carbonyl (C=O) groups excluding carboxylic acids is 2. The van der Waals surface area contributed by atoms with E-state index in [1.54, 1.807) is 24.3 Å². The monoisotopic (exact) mass is 354 g/mol. The van der Waals surface area contributed by atoms with Gasteiger partial charge in [-0.1, -0.05) is 30.3 Å². The van der Waals surface area contributed by atoms with E-state index in [-0.39, 0.29) is 12.5 Å². The first kappa shape index (κ1) is 17.9. The van der Waals surface area contributed by atoms with Crippen LogP contribution in [0.4, 0.5) is 0 Å². The molecule has 1 saturated heterocycles. The van der Waals surface area contributed by atoms with Gasteiger partial charge in [0.2, 0.25) is 0 Å². The fourth-order valence-electron chi connectivity index (χ4n) is 3.12. The molecule has 3 rings (SSSR count). The molecule has 0 radical (unpaired) electrons. The molecule has 6 heteroatoms. The minimum absolute atomic E-state index is 0.0326. The Morgan fingerprint density at radius 3 is 2.27 bits per heavy atom. The highest BCUT2D eigenvalue weighted by Crippen LogP contribution is 2.14. The maximum absolute atomic E-state index is 12.6. The average molecular weight is 354 g/mol. The van der Waals surface area contributed by atoms with E-state index in [2.05, 4.69) is 24.3 Å². The van der Waals surface area contributed by atoms with E-state index in [4.69, 9.17) is 10.5 Å². The number of carbonyl (C=O) groups is 2. The number of primary amides is 1. The molecule has 0 aliphatic carbocycles. The van der Waals surface area contributed by atoms with E-state index in [0.29, 0.717) is 11.3 Å². The fourth-order valence-corrected chi connectivity index (χ4v) is 3.12. The third-order valence-corrected chi connectivity index (χ3v) is 4.54. The van der Waals surface area contributed by atoms with Crippen LogP contribution in [0.25, 0.3) is 0 Å². The number of piperazine rings is 1. The van der Waals surface area contributed by atoms with Crippen molar-refractivity contribution in [3.8, 4) is 5.75 Å². The number of hydrogen-bond acceptors (Lipinski definition) is 3. The topological polar surface area (TPSA) is 77.1 Å².